The lowest BCUT2D eigenvalue weighted by Gasteiger charge is -2.07. The van der Waals surface area contributed by atoms with Crippen LogP contribution in [0.4, 0.5) is 0 Å². The number of hydrogen-bond donors (Lipinski definition) is 0. The van der Waals surface area contributed by atoms with Crippen LogP contribution in [-0.4, -0.2) is 0 Å². The smallest absolute Gasteiger partial charge is 0.0262 e. The van der Waals surface area contributed by atoms with Crippen LogP contribution in [-0.2, 0) is 0 Å². The molecule has 0 aliphatic rings. The van der Waals surface area contributed by atoms with Gasteiger partial charge in [-0.1, -0.05) is 43.1 Å². The molecule has 0 rings (SSSR count). The summed E-state index contributed by atoms with van der Waals surface area (Å²) in [6.45, 7) is 13.4. The summed E-state index contributed by atoms with van der Waals surface area (Å²) in [7, 11) is 0. The summed E-state index contributed by atoms with van der Waals surface area (Å²) >= 11 is 0. The average molecular weight is 194 g/mol. The van der Waals surface area contributed by atoms with Gasteiger partial charge in [0.2, 0.25) is 0 Å². The van der Waals surface area contributed by atoms with Crippen molar-refractivity contribution in [2.75, 3.05) is 0 Å². The minimum absolute atomic E-state index is 0.738. The molecule has 0 fully saturated rings. The standard InChI is InChI=1S/C14H26/c1-7-12(4)10-13(5)8-9-14(6)11(2)3/h10,12H,7-9H2,1-6H3/b13-10-. The summed E-state index contributed by atoms with van der Waals surface area (Å²) < 4.78 is 0. The maximum Gasteiger partial charge on any atom is -0.0262 e. The fourth-order valence-corrected chi connectivity index (χ4v) is 1.32. The summed E-state index contributed by atoms with van der Waals surface area (Å²) in [5, 5.41) is 0. The van der Waals surface area contributed by atoms with E-state index in [0.717, 1.165) is 5.92 Å². The van der Waals surface area contributed by atoms with Crippen molar-refractivity contribution in [2.45, 2.75) is 60.8 Å². The van der Waals surface area contributed by atoms with Crippen LogP contribution < -0.4 is 0 Å². The molecule has 0 heterocycles. The lowest BCUT2D eigenvalue weighted by Crippen LogP contribution is -1.89. The molecule has 14 heavy (non-hydrogen) atoms. The van der Waals surface area contributed by atoms with Crippen molar-refractivity contribution in [1.82, 2.24) is 0 Å². The van der Waals surface area contributed by atoms with Gasteiger partial charge in [-0.2, -0.15) is 0 Å². The highest BCUT2D eigenvalue weighted by atomic mass is 14.0. The van der Waals surface area contributed by atoms with Gasteiger partial charge in [-0.3, -0.25) is 0 Å². The summed E-state index contributed by atoms with van der Waals surface area (Å²) in [5.41, 5.74) is 4.56. The molecule has 0 aromatic heterocycles. The molecule has 1 unspecified atom stereocenters. The van der Waals surface area contributed by atoms with Crippen LogP contribution in [0.1, 0.15) is 60.8 Å². The van der Waals surface area contributed by atoms with Gasteiger partial charge in [-0.15, -0.1) is 0 Å². The van der Waals surface area contributed by atoms with Crippen LogP contribution in [0.25, 0.3) is 0 Å². The molecule has 0 aromatic carbocycles. The van der Waals surface area contributed by atoms with Gasteiger partial charge in [-0.05, 0) is 46.5 Å². The first kappa shape index (κ1) is 13.5. The highest BCUT2D eigenvalue weighted by Crippen LogP contribution is 2.16. The molecule has 0 nitrogen and oxygen atoms in total. The molecular weight excluding hydrogens is 168 g/mol. The van der Waals surface area contributed by atoms with E-state index in [0.29, 0.717) is 0 Å². The minimum Gasteiger partial charge on any atom is -0.0828 e. The predicted molar refractivity (Wildman–Crippen MR) is 66.5 cm³/mol. The Morgan fingerprint density at radius 3 is 2.07 bits per heavy atom. The molecule has 0 aromatic rings. The van der Waals surface area contributed by atoms with E-state index in [-0.39, 0.29) is 0 Å². The van der Waals surface area contributed by atoms with Crippen molar-refractivity contribution in [3.63, 3.8) is 0 Å². The Balaban J connectivity index is 4.03. The zero-order valence-electron chi connectivity index (χ0n) is 10.8. The predicted octanol–water partition coefficient (Wildman–Crippen LogP) is 5.12. The Labute approximate surface area is 90.1 Å². The van der Waals surface area contributed by atoms with Crippen LogP contribution in [0.5, 0.6) is 0 Å². The topological polar surface area (TPSA) is 0 Å². The molecule has 0 heteroatoms. The fourth-order valence-electron chi connectivity index (χ4n) is 1.32. The summed E-state index contributed by atoms with van der Waals surface area (Å²) in [4.78, 5) is 0. The fraction of sp³-hybridized carbons (Fsp3) is 0.714. The van der Waals surface area contributed by atoms with Gasteiger partial charge in [0.25, 0.3) is 0 Å². The zero-order valence-corrected chi connectivity index (χ0v) is 10.8. The van der Waals surface area contributed by atoms with Crippen LogP contribution in [0.2, 0.25) is 0 Å². The normalized spacial score (nSPS) is 14.0. The van der Waals surface area contributed by atoms with Gasteiger partial charge in [0.1, 0.15) is 0 Å². The van der Waals surface area contributed by atoms with Gasteiger partial charge >= 0.3 is 0 Å². The molecule has 0 N–H and O–H groups in total. The Hall–Kier alpha value is -0.520. The van der Waals surface area contributed by atoms with E-state index in [9.17, 15) is 0 Å². The third-order valence-corrected chi connectivity index (χ3v) is 2.96. The van der Waals surface area contributed by atoms with Crippen LogP contribution in [0.3, 0.4) is 0 Å². The van der Waals surface area contributed by atoms with Crippen molar-refractivity contribution < 1.29 is 0 Å². The first-order valence-electron chi connectivity index (χ1n) is 5.77. The van der Waals surface area contributed by atoms with Crippen LogP contribution >= 0.6 is 0 Å². The number of allylic oxidation sites excluding steroid dienone is 4. The van der Waals surface area contributed by atoms with E-state index < -0.39 is 0 Å². The maximum atomic E-state index is 2.41. The lowest BCUT2D eigenvalue weighted by molar-refractivity contribution is 0.687. The lowest BCUT2D eigenvalue weighted by atomic mass is 10.00. The molecule has 0 bridgehead atoms. The average Bonchev–Trinajstić information content (AvgIpc) is 2.13. The Bertz CT molecular complexity index is 214. The van der Waals surface area contributed by atoms with Gasteiger partial charge < -0.3 is 0 Å². The monoisotopic (exact) mass is 194 g/mol. The zero-order chi connectivity index (χ0) is 11.1. The highest BCUT2D eigenvalue weighted by Gasteiger charge is 1.97. The highest BCUT2D eigenvalue weighted by molar-refractivity contribution is 5.10. The van der Waals surface area contributed by atoms with E-state index >= 15 is 0 Å². The summed E-state index contributed by atoms with van der Waals surface area (Å²) in [6, 6.07) is 0. The van der Waals surface area contributed by atoms with Crippen LogP contribution in [0, 0.1) is 5.92 Å². The van der Waals surface area contributed by atoms with Crippen LogP contribution in [0.15, 0.2) is 22.8 Å². The third kappa shape index (κ3) is 6.01. The molecule has 0 aliphatic heterocycles. The van der Waals surface area contributed by atoms with Crippen molar-refractivity contribution in [2.24, 2.45) is 5.92 Å². The van der Waals surface area contributed by atoms with Gasteiger partial charge in [0.15, 0.2) is 0 Å². The van der Waals surface area contributed by atoms with E-state index in [1.807, 2.05) is 0 Å². The maximum absolute atomic E-state index is 2.41. The largest absolute Gasteiger partial charge is 0.0828 e. The molecule has 0 aliphatic carbocycles. The second kappa shape index (κ2) is 6.86. The second-order valence-electron chi connectivity index (χ2n) is 4.68. The first-order valence-corrected chi connectivity index (χ1v) is 5.77. The third-order valence-electron chi connectivity index (χ3n) is 2.96. The van der Waals surface area contributed by atoms with Gasteiger partial charge in [0.05, 0.1) is 0 Å². The second-order valence-corrected chi connectivity index (χ2v) is 4.68. The Kier molecular flexibility index (Phi) is 6.61. The van der Waals surface area contributed by atoms with E-state index in [1.165, 1.54) is 24.8 Å². The Morgan fingerprint density at radius 1 is 1.07 bits per heavy atom. The SMILES string of the molecule is CCC(C)/C=C(/C)CCC(C)=C(C)C. The molecule has 0 radical (unpaired) electrons. The minimum atomic E-state index is 0.738. The van der Waals surface area contributed by atoms with E-state index in [1.54, 1.807) is 11.1 Å². The van der Waals surface area contributed by atoms with Crippen molar-refractivity contribution in [1.29, 1.82) is 0 Å². The van der Waals surface area contributed by atoms with Crippen molar-refractivity contribution in [3.05, 3.63) is 22.8 Å². The van der Waals surface area contributed by atoms with E-state index in [4.69, 9.17) is 0 Å². The molecule has 0 amide bonds. The van der Waals surface area contributed by atoms with E-state index in [2.05, 4.69) is 47.6 Å². The Morgan fingerprint density at radius 2 is 1.64 bits per heavy atom. The summed E-state index contributed by atoms with van der Waals surface area (Å²) in [6.07, 6.45) is 6.11. The molecule has 82 valence electrons. The number of hydrogen-bond acceptors (Lipinski definition) is 0. The molecule has 1 atom stereocenters. The molecule has 0 spiro atoms. The summed E-state index contributed by atoms with van der Waals surface area (Å²) in [5.74, 6) is 0.738. The van der Waals surface area contributed by atoms with Crippen molar-refractivity contribution >= 4 is 0 Å². The van der Waals surface area contributed by atoms with Gasteiger partial charge in [-0.25, -0.2) is 0 Å². The molecule has 0 saturated carbocycles. The first-order chi connectivity index (χ1) is 6.47. The van der Waals surface area contributed by atoms with Crippen molar-refractivity contribution in [3.8, 4) is 0 Å². The number of rotatable bonds is 5. The van der Waals surface area contributed by atoms with Gasteiger partial charge in [0, 0.05) is 0 Å². The molecular formula is C14H26. The quantitative estimate of drug-likeness (QED) is 0.533. The molecule has 0 saturated heterocycles.